The number of rotatable bonds is 7. The molecule has 4 nitrogen and oxygen atoms in total. The molecule has 1 N–H and O–H groups in total. The first kappa shape index (κ1) is 16.4. The molecule has 0 radical (unpaired) electrons. The molecule has 2 aromatic carbocycles. The number of para-hydroxylation sites is 1. The zero-order valence-corrected chi connectivity index (χ0v) is 14.1. The van der Waals surface area contributed by atoms with Crippen LogP contribution in [0, 0.1) is 5.92 Å². The molecule has 0 aromatic heterocycles. The van der Waals surface area contributed by atoms with Crippen LogP contribution in [0.1, 0.15) is 23.5 Å². The molecule has 1 fully saturated rings. The molecule has 3 rings (SSSR count). The third-order valence-corrected chi connectivity index (χ3v) is 4.56. The molecule has 0 unspecified atom stereocenters. The lowest BCUT2D eigenvalue weighted by molar-refractivity contribution is -0.122. The summed E-state index contributed by atoms with van der Waals surface area (Å²) in [4.78, 5) is 12.3. The van der Waals surface area contributed by atoms with Crippen LogP contribution in [0.4, 0.5) is 0 Å². The second-order valence-corrected chi connectivity index (χ2v) is 6.07. The molecule has 1 saturated carbocycles. The van der Waals surface area contributed by atoms with Gasteiger partial charge >= 0.3 is 0 Å². The zero-order valence-electron chi connectivity index (χ0n) is 14.1. The maximum Gasteiger partial charge on any atom is 0.223 e. The molecule has 0 heterocycles. The van der Waals surface area contributed by atoms with Crippen LogP contribution < -0.4 is 14.8 Å². The molecule has 0 saturated heterocycles. The Bertz CT molecular complexity index is 696. The van der Waals surface area contributed by atoms with Crippen LogP contribution in [0.2, 0.25) is 0 Å². The second-order valence-electron chi connectivity index (χ2n) is 6.07. The van der Waals surface area contributed by atoms with Crippen molar-refractivity contribution in [2.75, 3.05) is 20.8 Å². The van der Waals surface area contributed by atoms with Gasteiger partial charge in [0.25, 0.3) is 0 Å². The molecule has 0 aliphatic heterocycles. The molecule has 2 aromatic rings. The quantitative estimate of drug-likeness (QED) is 0.850. The molecule has 1 aliphatic rings. The maximum absolute atomic E-state index is 12.3. The van der Waals surface area contributed by atoms with Crippen molar-refractivity contribution in [3.05, 3.63) is 59.7 Å². The van der Waals surface area contributed by atoms with E-state index in [1.807, 2.05) is 48.5 Å². The summed E-state index contributed by atoms with van der Waals surface area (Å²) in [5.41, 5.74) is 2.32. The predicted octanol–water partition coefficient (Wildman–Crippen LogP) is 3.17. The van der Waals surface area contributed by atoms with Crippen molar-refractivity contribution in [1.82, 2.24) is 5.32 Å². The molecule has 0 spiro atoms. The Morgan fingerprint density at radius 3 is 2.54 bits per heavy atom. The van der Waals surface area contributed by atoms with E-state index in [4.69, 9.17) is 9.47 Å². The number of benzene rings is 2. The van der Waals surface area contributed by atoms with Crippen LogP contribution in [0.15, 0.2) is 48.5 Å². The summed E-state index contributed by atoms with van der Waals surface area (Å²) in [5, 5.41) is 3.05. The van der Waals surface area contributed by atoms with Crippen LogP contribution in [0.5, 0.6) is 11.5 Å². The number of carbonyl (C=O) groups is 1. The van der Waals surface area contributed by atoms with E-state index in [2.05, 4.69) is 5.32 Å². The maximum atomic E-state index is 12.3. The summed E-state index contributed by atoms with van der Waals surface area (Å²) in [5.74, 6) is 2.29. The third kappa shape index (κ3) is 3.70. The first-order chi connectivity index (χ1) is 11.7. The summed E-state index contributed by atoms with van der Waals surface area (Å²) < 4.78 is 10.5. The van der Waals surface area contributed by atoms with Crippen molar-refractivity contribution in [2.24, 2.45) is 5.92 Å². The highest BCUT2D eigenvalue weighted by molar-refractivity contribution is 5.82. The minimum atomic E-state index is 0.0936. The number of hydrogen-bond donors (Lipinski definition) is 1. The highest BCUT2D eigenvalue weighted by Crippen LogP contribution is 2.47. The first-order valence-electron chi connectivity index (χ1n) is 8.26. The Kier molecular flexibility index (Phi) is 5.04. The molecule has 126 valence electrons. The van der Waals surface area contributed by atoms with E-state index >= 15 is 0 Å². The third-order valence-electron chi connectivity index (χ3n) is 4.56. The van der Waals surface area contributed by atoms with E-state index in [0.717, 1.165) is 29.9 Å². The van der Waals surface area contributed by atoms with Gasteiger partial charge in [0.15, 0.2) is 0 Å². The van der Waals surface area contributed by atoms with Gasteiger partial charge in [-0.05, 0) is 48.1 Å². The molecular weight excluding hydrogens is 302 g/mol. The van der Waals surface area contributed by atoms with Gasteiger partial charge < -0.3 is 14.8 Å². The second kappa shape index (κ2) is 7.39. The van der Waals surface area contributed by atoms with Crippen molar-refractivity contribution in [1.29, 1.82) is 0 Å². The van der Waals surface area contributed by atoms with Gasteiger partial charge in [0, 0.05) is 12.5 Å². The van der Waals surface area contributed by atoms with E-state index < -0.39 is 0 Å². The monoisotopic (exact) mass is 325 g/mol. The molecule has 1 amide bonds. The normalized spacial score (nSPS) is 18.8. The van der Waals surface area contributed by atoms with E-state index in [0.29, 0.717) is 12.5 Å². The Balaban J connectivity index is 1.48. The lowest BCUT2D eigenvalue weighted by Gasteiger charge is -2.09. The van der Waals surface area contributed by atoms with Crippen molar-refractivity contribution in [3.63, 3.8) is 0 Å². The molecule has 2 atom stereocenters. The van der Waals surface area contributed by atoms with Gasteiger partial charge in [0.2, 0.25) is 5.91 Å². The fourth-order valence-electron chi connectivity index (χ4n) is 3.07. The van der Waals surface area contributed by atoms with Crippen LogP contribution >= 0.6 is 0 Å². The SMILES string of the molecule is COc1ccc([C@@H]2C[C@H]2C(=O)NCCc2ccccc2OC)cc1. The average molecular weight is 325 g/mol. The number of methoxy groups -OCH3 is 2. The van der Waals surface area contributed by atoms with Crippen LogP contribution in [0.25, 0.3) is 0 Å². The van der Waals surface area contributed by atoms with Crippen LogP contribution in [0.3, 0.4) is 0 Å². The molecule has 0 bridgehead atoms. The van der Waals surface area contributed by atoms with Crippen LogP contribution in [-0.2, 0) is 11.2 Å². The van der Waals surface area contributed by atoms with Crippen molar-refractivity contribution < 1.29 is 14.3 Å². The fourth-order valence-corrected chi connectivity index (χ4v) is 3.07. The number of carbonyl (C=O) groups excluding carboxylic acids is 1. The smallest absolute Gasteiger partial charge is 0.223 e. The van der Waals surface area contributed by atoms with Gasteiger partial charge in [-0.15, -0.1) is 0 Å². The molecule has 1 aliphatic carbocycles. The summed E-state index contributed by atoms with van der Waals surface area (Å²) in [7, 11) is 3.32. The highest BCUT2D eigenvalue weighted by atomic mass is 16.5. The Labute approximate surface area is 142 Å². The van der Waals surface area contributed by atoms with Crippen molar-refractivity contribution in [2.45, 2.75) is 18.8 Å². The van der Waals surface area contributed by atoms with Gasteiger partial charge in [-0.3, -0.25) is 4.79 Å². The standard InChI is InChI=1S/C20H23NO3/c1-23-16-9-7-14(8-10-16)17-13-18(17)20(22)21-12-11-15-5-3-4-6-19(15)24-2/h3-10,17-18H,11-13H2,1-2H3,(H,21,22)/t17-,18+/m0/s1. The highest BCUT2D eigenvalue weighted by Gasteiger charge is 2.43. The summed E-state index contributed by atoms with van der Waals surface area (Å²) >= 11 is 0. The molecule has 24 heavy (non-hydrogen) atoms. The van der Waals surface area contributed by atoms with Gasteiger partial charge in [-0.25, -0.2) is 0 Å². The number of amides is 1. The summed E-state index contributed by atoms with van der Waals surface area (Å²) in [6.07, 6.45) is 1.70. The lowest BCUT2D eigenvalue weighted by Crippen LogP contribution is -2.27. The lowest BCUT2D eigenvalue weighted by atomic mass is 10.1. The Hall–Kier alpha value is -2.49. The van der Waals surface area contributed by atoms with Gasteiger partial charge in [0.05, 0.1) is 14.2 Å². The van der Waals surface area contributed by atoms with E-state index in [9.17, 15) is 4.79 Å². The van der Waals surface area contributed by atoms with E-state index in [1.165, 1.54) is 5.56 Å². The van der Waals surface area contributed by atoms with Crippen molar-refractivity contribution in [3.8, 4) is 11.5 Å². The average Bonchev–Trinajstić information content (AvgIpc) is 3.43. The van der Waals surface area contributed by atoms with Crippen LogP contribution in [-0.4, -0.2) is 26.7 Å². The summed E-state index contributed by atoms with van der Waals surface area (Å²) in [6, 6.07) is 15.9. The Morgan fingerprint density at radius 2 is 1.83 bits per heavy atom. The Morgan fingerprint density at radius 1 is 1.08 bits per heavy atom. The zero-order chi connectivity index (χ0) is 16.9. The van der Waals surface area contributed by atoms with E-state index in [-0.39, 0.29) is 11.8 Å². The molecular formula is C20H23NO3. The van der Waals surface area contributed by atoms with Gasteiger partial charge in [-0.1, -0.05) is 30.3 Å². The predicted molar refractivity (Wildman–Crippen MR) is 93.5 cm³/mol. The van der Waals surface area contributed by atoms with E-state index in [1.54, 1.807) is 14.2 Å². The molecule has 4 heteroatoms. The number of ether oxygens (including phenoxy) is 2. The fraction of sp³-hybridized carbons (Fsp3) is 0.350. The number of nitrogens with one attached hydrogen (secondary N) is 1. The van der Waals surface area contributed by atoms with Gasteiger partial charge in [0.1, 0.15) is 11.5 Å². The van der Waals surface area contributed by atoms with Crippen molar-refractivity contribution >= 4 is 5.91 Å². The topological polar surface area (TPSA) is 47.6 Å². The summed E-state index contributed by atoms with van der Waals surface area (Å²) in [6.45, 7) is 0.630. The largest absolute Gasteiger partial charge is 0.497 e. The van der Waals surface area contributed by atoms with Gasteiger partial charge in [-0.2, -0.15) is 0 Å². The minimum absolute atomic E-state index is 0.0936. The first-order valence-corrected chi connectivity index (χ1v) is 8.26. The number of hydrogen-bond acceptors (Lipinski definition) is 3. The minimum Gasteiger partial charge on any atom is -0.497 e.